The van der Waals surface area contributed by atoms with E-state index in [1.165, 1.54) is 26.6 Å². The Balaban J connectivity index is 2.00. The minimum Gasteiger partial charge on any atom is -0.490 e. The minimum absolute atomic E-state index is 0.646. The second kappa shape index (κ2) is 6.25. The van der Waals surface area contributed by atoms with Crippen molar-refractivity contribution in [3.8, 4) is 5.69 Å². The van der Waals surface area contributed by atoms with Gasteiger partial charge in [0.1, 0.15) is 0 Å². The number of hydrogen-bond donors (Lipinski definition) is 0. The molecule has 0 saturated heterocycles. The molecule has 0 radical (unpaired) electrons. The molecule has 0 atom stereocenters. The van der Waals surface area contributed by atoms with E-state index < -0.39 is 0 Å². The SMILES string of the molecule is CCOC1=C(c2ccccc2)Sc2ccc(C)cc2-n2cccc21. The molecule has 0 amide bonds. The maximum Gasteiger partial charge on any atom is 0.157 e. The van der Waals surface area contributed by atoms with Crippen LogP contribution in [0.1, 0.15) is 23.7 Å². The average Bonchev–Trinajstić information content (AvgIpc) is 3.05. The Morgan fingerprint density at radius 3 is 2.62 bits per heavy atom. The third kappa shape index (κ3) is 2.55. The summed E-state index contributed by atoms with van der Waals surface area (Å²) < 4.78 is 8.35. The summed E-state index contributed by atoms with van der Waals surface area (Å²) in [4.78, 5) is 2.41. The Kier molecular flexibility index (Phi) is 3.95. The van der Waals surface area contributed by atoms with E-state index >= 15 is 0 Å². The highest BCUT2D eigenvalue weighted by molar-refractivity contribution is 8.08. The molecule has 1 aromatic heterocycles. The van der Waals surface area contributed by atoms with Crippen LogP contribution in [-0.2, 0) is 4.74 Å². The van der Waals surface area contributed by atoms with Gasteiger partial charge >= 0.3 is 0 Å². The third-order valence-electron chi connectivity index (χ3n) is 4.10. The first-order valence-electron chi connectivity index (χ1n) is 8.17. The number of fused-ring (bicyclic) bond motifs is 3. The average molecular weight is 333 g/mol. The van der Waals surface area contributed by atoms with E-state index in [1.54, 1.807) is 11.8 Å². The van der Waals surface area contributed by atoms with Crippen LogP contribution in [0.2, 0.25) is 0 Å². The van der Waals surface area contributed by atoms with E-state index in [0.29, 0.717) is 6.61 Å². The van der Waals surface area contributed by atoms with Crippen molar-refractivity contribution < 1.29 is 4.74 Å². The first-order valence-corrected chi connectivity index (χ1v) is 8.98. The molecular formula is C21H19NOS. The Morgan fingerprint density at radius 2 is 1.83 bits per heavy atom. The molecule has 0 unspecified atom stereocenters. The molecule has 1 aliphatic rings. The fraction of sp³-hybridized carbons (Fsp3) is 0.143. The topological polar surface area (TPSA) is 14.2 Å². The van der Waals surface area contributed by atoms with Crippen LogP contribution < -0.4 is 0 Å². The Bertz CT molecular complexity index is 909. The first kappa shape index (κ1) is 15.2. The van der Waals surface area contributed by atoms with Crippen molar-refractivity contribution in [3.63, 3.8) is 0 Å². The Morgan fingerprint density at radius 1 is 1.00 bits per heavy atom. The van der Waals surface area contributed by atoms with Crippen LogP contribution in [0.4, 0.5) is 0 Å². The lowest BCUT2D eigenvalue weighted by atomic mass is 10.1. The van der Waals surface area contributed by atoms with Gasteiger partial charge in [-0.1, -0.05) is 48.2 Å². The molecule has 24 heavy (non-hydrogen) atoms. The molecule has 2 nitrogen and oxygen atoms in total. The predicted molar refractivity (Wildman–Crippen MR) is 101 cm³/mol. The predicted octanol–water partition coefficient (Wildman–Crippen LogP) is 5.75. The number of rotatable bonds is 3. The van der Waals surface area contributed by atoms with Crippen molar-refractivity contribution in [1.29, 1.82) is 0 Å². The van der Waals surface area contributed by atoms with Gasteiger partial charge in [-0.3, -0.25) is 0 Å². The highest BCUT2D eigenvalue weighted by Crippen LogP contribution is 2.46. The highest BCUT2D eigenvalue weighted by Gasteiger charge is 2.23. The van der Waals surface area contributed by atoms with Crippen molar-refractivity contribution in [2.24, 2.45) is 0 Å². The molecule has 0 bridgehead atoms. The summed E-state index contributed by atoms with van der Waals surface area (Å²) in [6.45, 7) is 4.82. The Hall–Kier alpha value is -2.39. The van der Waals surface area contributed by atoms with Crippen molar-refractivity contribution in [1.82, 2.24) is 4.57 Å². The lowest BCUT2D eigenvalue weighted by Crippen LogP contribution is -2.01. The zero-order valence-corrected chi connectivity index (χ0v) is 14.6. The van der Waals surface area contributed by atoms with E-state index in [2.05, 4.69) is 72.3 Å². The lowest BCUT2D eigenvalue weighted by molar-refractivity contribution is 0.298. The van der Waals surface area contributed by atoms with Crippen LogP contribution >= 0.6 is 11.8 Å². The van der Waals surface area contributed by atoms with E-state index in [-0.39, 0.29) is 0 Å². The number of ether oxygens (including phenoxy) is 1. The highest BCUT2D eigenvalue weighted by atomic mass is 32.2. The summed E-state index contributed by atoms with van der Waals surface area (Å²) in [5.41, 5.74) is 4.76. The van der Waals surface area contributed by atoms with Gasteiger partial charge in [0.15, 0.2) is 5.76 Å². The van der Waals surface area contributed by atoms with Crippen LogP contribution in [-0.4, -0.2) is 11.2 Å². The standard InChI is InChI=1S/C21H19NOS/c1-3-23-20-17-10-7-13-22(17)18-14-15(2)11-12-19(18)24-21(20)16-8-5-4-6-9-16/h4-14H,3H2,1-2H3. The van der Waals surface area contributed by atoms with Gasteiger partial charge in [0.05, 0.1) is 22.9 Å². The van der Waals surface area contributed by atoms with Crippen LogP contribution in [0.15, 0.2) is 71.8 Å². The number of thioether (sulfide) groups is 1. The quantitative estimate of drug-likeness (QED) is 0.605. The summed E-state index contributed by atoms with van der Waals surface area (Å²) in [5.74, 6) is 0.951. The van der Waals surface area contributed by atoms with E-state index in [4.69, 9.17) is 4.74 Å². The molecule has 0 aliphatic carbocycles. The summed E-state index contributed by atoms with van der Waals surface area (Å²) in [6, 6.07) is 21.3. The Labute approximate surface area is 146 Å². The van der Waals surface area contributed by atoms with Crippen molar-refractivity contribution in [2.45, 2.75) is 18.7 Å². The van der Waals surface area contributed by atoms with E-state index in [0.717, 1.165) is 11.5 Å². The smallest absolute Gasteiger partial charge is 0.157 e. The lowest BCUT2D eigenvalue weighted by Gasteiger charge is -2.13. The first-order chi connectivity index (χ1) is 11.8. The molecule has 2 aromatic carbocycles. The number of aryl methyl sites for hydroxylation is 1. The number of aromatic nitrogens is 1. The van der Waals surface area contributed by atoms with Crippen LogP contribution in [0.25, 0.3) is 16.4 Å². The summed E-state index contributed by atoms with van der Waals surface area (Å²) >= 11 is 1.78. The summed E-state index contributed by atoms with van der Waals surface area (Å²) in [5, 5.41) is 0. The molecule has 3 heteroatoms. The molecule has 2 heterocycles. The fourth-order valence-electron chi connectivity index (χ4n) is 3.01. The molecule has 1 aliphatic heterocycles. The molecule has 0 spiro atoms. The fourth-order valence-corrected chi connectivity index (χ4v) is 4.14. The third-order valence-corrected chi connectivity index (χ3v) is 5.29. The monoisotopic (exact) mass is 333 g/mol. The van der Waals surface area contributed by atoms with Crippen molar-refractivity contribution in [3.05, 3.63) is 83.7 Å². The van der Waals surface area contributed by atoms with Gasteiger partial charge in [-0.15, -0.1) is 0 Å². The summed E-state index contributed by atoms with van der Waals surface area (Å²) in [7, 11) is 0. The van der Waals surface area contributed by atoms with Gasteiger partial charge in [0.25, 0.3) is 0 Å². The molecule has 0 fully saturated rings. The van der Waals surface area contributed by atoms with Gasteiger partial charge < -0.3 is 9.30 Å². The van der Waals surface area contributed by atoms with Crippen LogP contribution in [0.3, 0.4) is 0 Å². The van der Waals surface area contributed by atoms with Gasteiger partial charge in [0.2, 0.25) is 0 Å². The maximum atomic E-state index is 6.11. The number of hydrogen-bond acceptors (Lipinski definition) is 2. The molecule has 3 aromatic rings. The maximum absolute atomic E-state index is 6.11. The van der Waals surface area contributed by atoms with Gasteiger partial charge in [0, 0.05) is 11.1 Å². The van der Waals surface area contributed by atoms with E-state index in [9.17, 15) is 0 Å². The van der Waals surface area contributed by atoms with Gasteiger partial charge in [-0.2, -0.15) is 0 Å². The number of benzene rings is 2. The molecule has 4 rings (SSSR count). The van der Waals surface area contributed by atoms with Gasteiger partial charge in [-0.05, 0) is 49.2 Å². The van der Waals surface area contributed by atoms with Gasteiger partial charge in [-0.25, -0.2) is 0 Å². The molecular weight excluding hydrogens is 314 g/mol. The van der Waals surface area contributed by atoms with Crippen LogP contribution in [0.5, 0.6) is 0 Å². The second-order valence-electron chi connectivity index (χ2n) is 5.79. The van der Waals surface area contributed by atoms with Crippen molar-refractivity contribution in [2.75, 3.05) is 6.61 Å². The van der Waals surface area contributed by atoms with Crippen molar-refractivity contribution >= 4 is 22.4 Å². The zero-order chi connectivity index (χ0) is 16.5. The summed E-state index contributed by atoms with van der Waals surface area (Å²) in [6.07, 6.45) is 2.11. The van der Waals surface area contributed by atoms with E-state index in [1.807, 2.05) is 13.0 Å². The zero-order valence-electron chi connectivity index (χ0n) is 13.8. The minimum atomic E-state index is 0.646. The largest absolute Gasteiger partial charge is 0.490 e. The van der Waals surface area contributed by atoms with Crippen LogP contribution in [0, 0.1) is 6.92 Å². The molecule has 0 saturated carbocycles. The normalized spacial score (nSPS) is 13.2. The second-order valence-corrected chi connectivity index (χ2v) is 6.85. The molecule has 0 N–H and O–H groups in total. The molecule has 120 valence electrons. The number of nitrogens with zero attached hydrogens (tertiary/aromatic N) is 1.